The molecule has 2 heterocycles. The maximum absolute atomic E-state index is 13.1. The van der Waals surface area contributed by atoms with Gasteiger partial charge in [-0.05, 0) is 54.3 Å². The van der Waals surface area contributed by atoms with Crippen molar-refractivity contribution in [2.24, 2.45) is 0 Å². The molecular formula is C22H24N2O3. The Morgan fingerprint density at radius 1 is 1.19 bits per heavy atom. The van der Waals surface area contributed by atoms with Crippen molar-refractivity contribution >= 4 is 17.5 Å². The summed E-state index contributed by atoms with van der Waals surface area (Å²) in [7, 11) is 3.43. The summed E-state index contributed by atoms with van der Waals surface area (Å²) in [6.07, 6.45) is 1.58. The molecular weight excluding hydrogens is 340 g/mol. The molecule has 27 heavy (non-hydrogen) atoms. The second kappa shape index (κ2) is 6.41. The molecule has 0 saturated carbocycles. The zero-order valence-corrected chi connectivity index (χ0v) is 16.0. The van der Waals surface area contributed by atoms with E-state index in [2.05, 4.69) is 6.92 Å². The van der Waals surface area contributed by atoms with Gasteiger partial charge in [-0.15, -0.1) is 0 Å². The maximum Gasteiger partial charge on any atom is 0.253 e. The van der Waals surface area contributed by atoms with E-state index in [9.17, 15) is 9.59 Å². The van der Waals surface area contributed by atoms with Gasteiger partial charge in [0.05, 0.1) is 12.5 Å². The number of ether oxygens (including phenoxy) is 1. The zero-order chi connectivity index (χ0) is 19.2. The number of carbonyl (C=O) groups is 2. The Balaban J connectivity index is 1.65. The minimum Gasteiger partial charge on any atom is -0.497 e. The fraction of sp³-hybridized carbons (Fsp3) is 0.364. The molecule has 2 aromatic carbocycles. The third-order valence-corrected chi connectivity index (χ3v) is 5.96. The lowest BCUT2D eigenvalue weighted by atomic mass is 9.81. The van der Waals surface area contributed by atoms with Crippen LogP contribution in [0.25, 0.3) is 0 Å². The largest absolute Gasteiger partial charge is 0.497 e. The first-order chi connectivity index (χ1) is 13.0. The van der Waals surface area contributed by atoms with Gasteiger partial charge in [-0.2, -0.15) is 0 Å². The molecule has 1 fully saturated rings. The first kappa shape index (κ1) is 17.6. The Kier molecular flexibility index (Phi) is 4.17. The molecule has 2 amide bonds. The first-order valence-electron chi connectivity index (χ1n) is 9.35. The maximum atomic E-state index is 13.1. The van der Waals surface area contributed by atoms with Crippen LogP contribution in [0.2, 0.25) is 0 Å². The number of fused-ring (bicyclic) bond motifs is 2. The van der Waals surface area contributed by atoms with E-state index in [1.165, 1.54) is 5.56 Å². The number of methoxy groups -OCH3 is 1. The van der Waals surface area contributed by atoms with Gasteiger partial charge in [0.1, 0.15) is 5.75 Å². The second-order valence-electron chi connectivity index (χ2n) is 7.36. The van der Waals surface area contributed by atoms with Crippen molar-refractivity contribution in [3.63, 3.8) is 0 Å². The van der Waals surface area contributed by atoms with Crippen LogP contribution in [0.5, 0.6) is 5.75 Å². The topological polar surface area (TPSA) is 49.9 Å². The van der Waals surface area contributed by atoms with Gasteiger partial charge in [0.25, 0.3) is 5.91 Å². The SMILES string of the molecule is CCc1ccc(C(=O)N2CCC3(C2)C(=O)N(C)c2ccc(OC)cc23)cc1. The number of rotatable bonds is 3. The highest BCUT2D eigenvalue weighted by atomic mass is 16.5. The van der Waals surface area contributed by atoms with Gasteiger partial charge < -0.3 is 14.5 Å². The number of hydrogen-bond acceptors (Lipinski definition) is 3. The number of likely N-dealkylation sites (N-methyl/N-ethyl adjacent to an activating group) is 1. The lowest BCUT2D eigenvalue weighted by Gasteiger charge is -2.23. The Hall–Kier alpha value is -2.82. The Labute approximate surface area is 159 Å². The summed E-state index contributed by atoms with van der Waals surface area (Å²) in [6.45, 7) is 3.07. The molecule has 0 N–H and O–H groups in total. The zero-order valence-electron chi connectivity index (χ0n) is 16.0. The number of amides is 2. The molecule has 1 saturated heterocycles. The van der Waals surface area contributed by atoms with Crippen LogP contribution in [0, 0.1) is 0 Å². The molecule has 5 nitrogen and oxygen atoms in total. The van der Waals surface area contributed by atoms with E-state index in [1.54, 1.807) is 24.0 Å². The van der Waals surface area contributed by atoms with Gasteiger partial charge in [0, 0.05) is 31.4 Å². The number of carbonyl (C=O) groups excluding carboxylic acids is 2. The van der Waals surface area contributed by atoms with E-state index in [4.69, 9.17) is 4.74 Å². The molecule has 4 rings (SSSR count). The second-order valence-corrected chi connectivity index (χ2v) is 7.36. The number of anilines is 1. The summed E-state index contributed by atoms with van der Waals surface area (Å²) in [4.78, 5) is 29.6. The van der Waals surface area contributed by atoms with Crippen LogP contribution in [0.15, 0.2) is 42.5 Å². The van der Waals surface area contributed by atoms with Gasteiger partial charge in [0.15, 0.2) is 0 Å². The Bertz CT molecular complexity index is 906. The summed E-state index contributed by atoms with van der Waals surface area (Å²) >= 11 is 0. The van der Waals surface area contributed by atoms with Crippen LogP contribution in [-0.4, -0.2) is 44.0 Å². The minimum absolute atomic E-state index is 0.0127. The van der Waals surface area contributed by atoms with Crippen molar-refractivity contribution in [1.82, 2.24) is 4.90 Å². The minimum atomic E-state index is -0.669. The smallest absolute Gasteiger partial charge is 0.253 e. The number of nitrogens with zero attached hydrogens (tertiary/aromatic N) is 2. The van der Waals surface area contributed by atoms with E-state index in [0.717, 1.165) is 23.4 Å². The lowest BCUT2D eigenvalue weighted by Crippen LogP contribution is -2.42. The fourth-order valence-electron chi connectivity index (χ4n) is 4.31. The van der Waals surface area contributed by atoms with Crippen molar-refractivity contribution in [3.8, 4) is 5.75 Å². The molecule has 0 radical (unpaired) electrons. The summed E-state index contributed by atoms with van der Waals surface area (Å²) in [5.41, 5.74) is 3.08. The number of aryl methyl sites for hydroxylation is 1. The lowest BCUT2D eigenvalue weighted by molar-refractivity contribution is -0.122. The normalized spacial score (nSPS) is 21.1. The molecule has 2 aromatic rings. The molecule has 0 bridgehead atoms. The molecule has 1 atom stereocenters. The molecule has 1 unspecified atom stereocenters. The summed E-state index contributed by atoms with van der Waals surface area (Å²) in [5, 5.41) is 0. The van der Waals surface area contributed by atoms with Gasteiger partial charge in [-0.1, -0.05) is 19.1 Å². The quantitative estimate of drug-likeness (QED) is 0.841. The van der Waals surface area contributed by atoms with Gasteiger partial charge in [-0.3, -0.25) is 9.59 Å². The van der Waals surface area contributed by atoms with Crippen LogP contribution in [0.4, 0.5) is 5.69 Å². The number of likely N-dealkylation sites (tertiary alicyclic amines) is 1. The Morgan fingerprint density at radius 2 is 1.93 bits per heavy atom. The number of hydrogen-bond donors (Lipinski definition) is 0. The van der Waals surface area contributed by atoms with Gasteiger partial charge in [-0.25, -0.2) is 0 Å². The highest BCUT2D eigenvalue weighted by Crippen LogP contribution is 2.48. The standard InChI is InChI=1S/C22H24N2O3/c1-4-15-5-7-16(8-6-15)20(25)24-12-11-22(14-24)18-13-17(27-3)9-10-19(18)23(2)21(22)26/h5-10,13H,4,11-12,14H2,1-3H3. The van der Waals surface area contributed by atoms with Crippen molar-refractivity contribution in [1.29, 1.82) is 0 Å². The van der Waals surface area contributed by atoms with Crippen LogP contribution >= 0.6 is 0 Å². The summed E-state index contributed by atoms with van der Waals surface area (Å²) in [6, 6.07) is 13.5. The third-order valence-electron chi connectivity index (χ3n) is 5.96. The monoisotopic (exact) mass is 364 g/mol. The van der Waals surface area contributed by atoms with E-state index in [1.807, 2.05) is 42.5 Å². The molecule has 0 aliphatic carbocycles. The van der Waals surface area contributed by atoms with E-state index >= 15 is 0 Å². The van der Waals surface area contributed by atoms with Crippen molar-refractivity contribution < 1.29 is 14.3 Å². The van der Waals surface area contributed by atoms with Gasteiger partial charge in [0.2, 0.25) is 5.91 Å². The highest BCUT2D eigenvalue weighted by molar-refractivity contribution is 6.09. The molecule has 2 aliphatic rings. The van der Waals surface area contributed by atoms with Crippen molar-refractivity contribution in [2.45, 2.75) is 25.2 Å². The summed E-state index contributed by atoms with van der Waals surface area (Å²) < 4.78 is 5.37. The van der Waals surface area contributed by atoms with E-state index < -0.39 is 5.41 Å². The number of benzene rings is 2. The fourth-order valence-corrected chi connectivity index (χ4v) is 4.31. The van der Waals surface area contributed by atoms with Crippen LogP contribution < -0.4 is 9.64 Å². The van der Waals surface area contributed by atoms with Crippen LogP contribution in [0.1, 0.15) is 34.8 Å². The molecule has 2 aliphatic heterocycles. The van der Waals surface area contributed by atoms with Crippen molar-refractivity contribution in [2.75, 3.05) is 32.1 Å². The molecule has 5 heteroatoms. The highest BCUT2D eigenvalue weighted by Gasteiger charge is 2.54. The average Bonchev–Trinajstić information content (AvgIpc) is 3.25. The molecule has 140 valence electrons. The third kappa shape index (κ3) is 2.60. The first-order valence-corrected chi connectivity index (χ1v) is 9.35. The van der Waals surface area contributed by atoms with Crippen LogP contribution in [-0.2, 0) is 16.6 Å². The predicted octanol–water partition coefficient (Wildman–Crippen LogP) is 3.02. The predicted molar refractivity (Wildman–Crippen MR) is 104 cm³/mol. The van der Waals surface area contributed by atoms with Crippen molar-refractivity contribution in [3.05, 3.63) is 59.2 Å². The van der Waals surface area contributed by atoms with E-state index in [-0.39, 0.29) is 11.8 Å². The average molecular weight is 364 g/mol. The molecule has 0 aromatic heterocycles. The summed E-state index contributed by atoms with van der Waals surface area (Å²) in [5.74, 6) is 0.778. The van der Waals surface area contributed by atoms with Crippen LogP contribution in [0.3, 0.4) is 0 Å². The molecule has 1 spiro atoms. The van der Waals surface area contributed by atoms with E-state index in [0.29, 0.717) is 25.1 Å². The van der Waals surface area contributed by atoms with Gasteiger partial charge >= 0.3 is 0 Å². The Morgan fingerprint density at radius 3 is 2.59 bits per heavy atom.